The number of carbonyl (C=O) groups excluding carboxylic acids is 1. The first-order valence-corrected chi connectivity index (χ1v) is 11.3. The molecule has 3 rings (SSSR count). The van der Waals surface area contributed by atoms with Crippen LogP contribution in [0.5, 0.6) is 0 Å². The molecule has 1 amide bonds. The molecule has 1 N–H and O–H groups in total. The van der Waals surface area contributed by atoms with Crippen LogP contribution in [0.2, 0.25) is 0 Å². The standard InChI is InChI=1S/C20H24N4O2S2/c1-3-18-23-24-19(26)11-16(22-20(24)28-18)12-27-13-17(25)21-14(2)9-10-15-7-5-4-6-8-15/h4-8,11,14H,3,9-10,12-13H2,1-2H3,(H,21,25)/t14-/m0/s1. The second-order valence-corrected chi connectivity index (χ2v) is 8.64. The van der Waals surface area contributed by atoms with Gasteiger partial charge < -0.3 is 5.32 Å². The molecule has 2 aromatic heterocycles. The van der Waals surface area contributed by atoms with E-state index in [2.05, 4.69) is 27.5 Å². The number of nitrogens with one attached hydrogen (secondary N) is 1. The molecule has 0 spiro atoms. The van der Waals surface area contributed by atoms with Gasteiger partial charge in [-0.15, -0.1) is 11.8 Å². The highest BCUT2D eigenvalue weighted by Crippen LogP contribution is 2.14. The third-order valence-electron chi connectivity index (χ3n) is 4.24. The molecule has 0 aliphatic heterocycles. The first-order valence-electron chi connectivity index (χ1n) is 9.35. The monoisotopic (exact) mass is 416 g/mol. The van der Waals surface area contributed by atoms with E-state index in [-0.39, 0.29) is 17.5 Å². The molecule has 6 nitrogen and oxygen atoms in total. The van der Waals surface area contributed by atoms with Crippen LogP contribution in [0.1, 0.15) is 36.5 Å². The minimum Gasteiger partial charge on any atom is -0.353 e. The van der Waals surface area contributed by atoms with Gasteiger partial charge in [-0.3, -0.25) is 9.59 Å². The van der Waals surface area contributed by atoms with E-state index in [4.69, 9.17) is 0 Å². The largest absolute Gasteiger partial charge is 0.353 e. The Balaban J connectivity index is 1.44. The predicted molar refractivity (Wildman–Crippen MR) is 115 cm³/mol. The Morgan fingerprint density at radius 3 is 2.86 bits per heavy atom. The molecule has 0 aliphatic rings. The Morgan fingerprint density at radius 1 is 1.32 bits per heavy atom. The zero-order valence-electron chi connectivity index (χ0n) is 16.1. The van der Waals surface area contributed by atoms with E-state index in [1.54, 1.807) is 0 Å². The fourth-order valence-corrected chi connectivity index (χ4v) is 4.36. The summed E-state index contributed by atoms with van der Waals surface area (Å²) in [5.41, 5.74) is 1.79. The number of thioether (sulfide) groups is 1. The van der Waals surface area contributed by atoms with E-state index in [0.717, 1.165) is 24.3 Å². The first kappa shape index (κ1) is 20.5. The molecule has 8 heteroatoms. The van der Waals surface area contributed by atoms with Crippen molar-refractivity contribution in [2.24, 2.45) is 0 Å². The van der Waals surface area contributed by atoms with Crippen molar-refractivity contribution < 1.29 is 4.79 Å². The summed E-state index contributed by atoms with van der Waals surface area (Å²) in [7, 11) is 0. The van der Waals surface area contributed by atoms with Crippen LogP contribution in [0, 0.1) is 0 Å². The number of rotatable bonds is 9. The van der Waals surface area contributed by atoms with Gasteiger partial charge in [0.1, 0.15) is 5.01 Å². The van der Waals surface area contributed by atoms with Gasteiger partial charge in [-0.05, 0) is 31.7 Å². The highest BCUT2D eigenvalue weighted by atomic mass is 32.2. The zero-order chi connectivity index (χ0) is 19.9. The normalized spacial score (nSPS) is 12.2. The van der Waals surface area contributed by atoms with Crippen LogP contribution in [-0.2, 0) is 23.4 Å². The number of aromatic nitrogens is 3. The Hall–Kier alpha value is -2.19. The van der Waals surface area contributed by atoms with Gasteiger partial charge in [-0.25, -0.2) is 4.98 Å². The number of hydrogen-bond acceptors (Lipinski definition) is 6. The van der Waals surface area contributed by atoms with E-state index >= 15 is 0 Å². The number of benzene rings is 1. The summed E-state index contributed by atoms with van der Waals surface area (Å²) in [5, 5.41) is 8.16. The van der Waals surface area contributed by atoms with Gasteiger partial charge in [-0.2, -0.15) is 9.61 Å². The number of fused-ring (bicyclic) bond motifs is 1. The summed E-state index contributed by atoms with van der Waals surface area (Å²) in [5.74, 6) is 0.880. The molecular formula is C20H24N4O2S2. The smallest absolute Gasteiger partial charge is 0.275 e. The summed E-state index contributed by atoms with van der Waals surface area (Å²) >= 11 is 2.89. The maximum absolute atomic E-state index is 12.2. The lowest BCUT2D eigenvalue weighted by atomic mass is 10.1. The highest BCUT2D eigenvalue weighted by molar-refractivity contribution is 7.99. The summed E-state index contributed by atoms with van der Waals surface area (Å²) in [6, 6.07) is 11.9. The van der Waals surface area contributed by atoms with Crippen LogP contribution in [0.15, 0.2) is 41.2 Å². The van der Waals surface area contributed by atoms with Crippen molar-refractivity contribution >= 4 is 34.0 Å². The molecule has 0 fully saturated rings. The van der Waals surface area contributed by atoms with Crippen molar-refractivity contribution in [3.05, 3.63) is 63.0 Å². The van der Waals surface area contributed by atoms with E-state index in [9.17, 15) is 9.59 Å². The molecule has 0 aliphatic carbocycles. The number of amides is 1. The highest BCUT2D eigenvalue weighted by Gasteiger charge is 2.10. The number of nitrogens with zero attached hydrogens (tertiary/aromatic N) is 3. The third kappa shape index (κ3) is 5.65. The fraction of sp³-hybridized carbons (Fsp3) is 0.400. The minimum absolute atomic E-state index is 0.00872. The van der Waals surface area contributed by atoms with Crippen molar-refractivity contribution in [1.82, 2.24) is 19.9 Å². The molecule has 0 unspecified atom stereocenters. The van der Waals surface area contributed by atoms with Gasteiger partial charge in [-0.1, -0.05) is 48.6 Å². The van der Waals surface area contributed by atoms with E-state index < -0.39 is 0 Å². The van der Waals surface area contributed by atoms with Crippen LogP contribution < -0.4 is 10.9 Å². The van der Waals surface area contributed by atoms with Gasteiger partial charge in [0.15, 0.2) is 0 Å². The molecule has 1 aromatic carbocycles. The summed E-state index contributed by atoms with van der Waals surface area (Å²) < 4.78 is 1.35. The lowest BCUT2D eigenvalue weighted by Gasteiger charge is -2.13. The summed E-state index contributed by atoms with van der Waals surface area (Å²) in [6.45, 7) is 4.02. The Labute approximate surface area is 172 Å². The molecule has 0 saturated heterocycles. The summed E-state index contributed by atoms with van der Waals surface area (Å²) in [4.78, 5) is 29.4. The lowest BCUT2D eigenvalue weighted by Crippen LogP contribution is -2.34. The van der Waals surface area contributed by atoms with Crippen LogP contribution >= 0.6 is 23.1 Å². The van der Waals surface area contributed by atoms with Crippen molar-refractivity contribution in [1.29, 1.82) is 0 Å². The average Bonchev–Trinajstić information content (AvgIpc) is 3.11. The quantitative estimate of drug-likeness (QED) is 0.580. The minimum atomic E-state index is -0.171. The first-order chi connectivity index (χ1) is 13.5. The van der Waals surface area contributed by atoms with Gasteiger partial charge in [0.25, 0.3) is 5.56 Å². The van der Waals surface area contributed by atoms with Gasteiger partial charge >= 0.3 is 0 Å². The molecule has 28 heavy (non-hydrogen) atoms. The van der Waals surface area contributed by atoms with Crippen LogP contribution in [0.25, 0.3) is 4.96 Å². The molecule has 2 heterocycles. The van der Waals surface area contributed by atoms with Crippen LogP contribution in [0.4, 0.5) is 0 Å². The molecular weight excluding hydrogens is 392 g/mol. The molecule has 0 bridgehead atoms. The number of hydrogen-bond donors (Lipinski definition) is 1. The maximum Gasteiger partial charge on any atom is 0.275 e. The average molecular weight is 417 g/mol. The molecule has 148 valence electrons. The van der Waals surface area contributed by atoms with Crippen LogP contribution in [0.3, 0.4) is 0 Å². The second kappa shape index (κ2) is 9.84. The van der Waals surface area contributed by atoms with Gasteiger partial charge in [0, 0.05) is 17.9 Å². The van der Waals surface area contributed by atoms with Crippen molar-refractivity contribution in [3.8, 4) is 0 Å². The molecule has 0 saturated carbocycles. The molecule has 3 aromatic rings. The zero-order valence-corrected chi connectivity index (χ0v) is 17.7. The van der Waals surface area contributed by atoms with Crippen molar-refractivity contribution in [3.63, 3.8) is 0 Å². The second-order valence-electron chi connectivity index (χ2n) is 6.62. The Morgan fingerprint density at radius 2 is 2.11 bits per heavy atom. The number of carbonyl (C=O) groups is 1. The topological polar surface area (TPSA) is 76.4 Å². The fourth-order valence-electron chi connectivity index (χ4n) is 2.78. The Kier molecular flexibility index (Phi) is 7.22. The maximum atomic E-state index is 12.2. The van der Waals surface area contributed by atoms with E-state index in [0.29, 0.717) is 22.2 Å². The lowest BCUT2D eigenvalue weighted by molar-refractivity contribution is -0.119. The van der Waals surface area contributed by atoms with Crippen LogP contribution in [-0.4, -0.2) is 32.3 Å². The molecule has 1 atom stereocenters. The van der Waals surface area contributed by atoms with Crippen molar-refractivity contribution in [2.75, 3.05) is 5.75 Å². The van der Waals surface area contributed by atoms with E-state index in [1.807, 2.05) is 32.0 Å². The van der Waals surface area contributed by atoms with Gasteiger partial charge in [0.05, 0.1) is 11.4 Å². The molecule has 0 radical (unpaired) electrons. The third-order valence-corrected chi connectivity index (χ3v) is 6.26. The van der Waals surface area contributed by atoms with E-state index in [1.165, 1.54) is 39.2 Å². The SMILES string of the molecule is CCc1nn2c(=O)cc(CSCC(=O)N[C@@H](C)CCc3ccccc3)nc2s1. The van der Waals surface area contributed by atoms with Gasteiger partial charge in [0.2, 0.25) is 10.9 Å². The van der Waals surface area contributed by atoms with Crippen molar-refractivity contribution in [2.45, 2.75) is 44.9 Å². The predicted octanol–water partition coefficient (Wildman–Crippen LogP) is 3.08. The summed E-state index contributed by atoms with van der Waals surface area (Å²) in [6.07, 6.45) is 2.62. The Bertz CT molecular complexity index is 985. The number of aryl methyl sites for hydroxylation is 2.